The van der Waals surface area contributed by atoms with E-state index in [0.29, 0.717) is 24.5 Å². The number of ether oxygens (including phenoxy) is 1. The molecule has 1 amide bonds. The van der Waals surface area contributed by atoms with E-state index in [9.17, 15) is 4.79 Å². The second kappa shape index (κ2) is 5.61. The molecule has 0 radical (unpaired) electrons. The third-order valence-corrected chi connectivity index (χ3v) is 3.29. The molecule has 2 unspecified atom stereocenters. The largest absolute Gasteiger partial charge is 0.395 e. The topological polar surface area (TPSA) is 84.2 Å². The van der Waals surface area contributed by atoms with Gasteiger partial charge in [0.15, 0.2) is 5.69 Å². The fraction of sp³-hybridized carbons (Fsp3) is 0.692. The van der Waals surface area contributed by atoms with Crippen molar-refractivity contribution in [1.29, 1.82) is 0 Å². The van der Waals surface area contributed by atoms with Gasteiger partial charge in [0.25, 0.3) is 5.91 Å². The molecule has 2 rings (SSSR count). The van der Waals surface area contributed by atoms with Gasteiger partial charge in [-0.25, -0.2) is 0 Å². The van der Waals surface area contributed by atoms with E-state index < -0.39 is 0 Å². The lowest BCUT2D eigenvalue weighted by Gasteiger charge is -2.34. The molecular weight excluding hydrogens is 244 g/mol. The molecule has 1 fully saturated rings. The van der Waals surface area contributed by atoms with E-state index >= 15 is 0 Å². The molecule has 0 bridgehead atoms. The molecule has 1 aliphatic rings. The van der Waals surface area contributed by atoms with Gasteiger partial charge in [0.2, 0.25) is 0 Å². The summed E-state index contributed by atoms with van der Waals surface area (Å²) in [6.45, 7) is 7.16. The molecule has 1 aromatic heterocycles. The van der Waals surface area contributed by atoms with E-state index in [1.165, 1.54) is 0 Å². The zero-order chi connectivity index (χ0) is 14.0. The van der Waals surface area contributed by atoms with Gasteiger partial charge in [-0.3, -0.25) is 9.89 Å². The molecule has 19 heavy (non-hydrogen) atoms. The number of aromatic amines is 1. The predicted octanol–water partition coefficient (Wildman–Crippen LogP) is 1.19. The molecule has 1 saturated heterocycles. The van der Waals surface area contributed by atoms with Crippen LogP contribution in [-0.4, -0.2) is 46.3 Å². The van der Waals surface area contributed by atoms with Crippen molar-refractivity contribution in [3.63, 3.8) is 0 Å². The molecule has 0 aliphatic carbocycles. The number of rotatable bonds is 3. The van der Waals surface area contributed by atoms with Crippen LogP contribution in [0.3, 0.4) is 0 Å². The van der Waals surface area contributed by atoms with Crippen molar-refractivity contribution >= 4 is 11.6 Å². The van der Waals surface area contributed by atoms with Gasteiger partial charge in [-0.05, 0) is 20.3 Å². The number of nitrogens with zero attached hydrogens (tertiary/aromatic N) is 2. The quantitative estimate of drug-likeness (QED) is 0.860. The summed E-state index contributed by atoms with van der Waals surface area (Å²) in [7, 11) is 0. The van der Waals surface area contributed by atoms with E-state index in [4.69, 9.17) is 10.5 Å². The molecule has 6 heteroatoms. The van der Waals surface area contributed by atoms with Gasteiger partial charge in [0.05, 0.1) is 23.6 Å². The van der Waals surface area contributed by atoms with Crippen LogP contribution < -0.4 is 5.73 Å². The van der Waals surface area contributed by atoms with E-state index in [-0.39, 0.29) is 18.1 Å². The minimum Gasteiger partial charge on any atom is -0.395 e. The maximum absolute atomic E-state index is 12.4. The number of nitrogen functional groups attached to an aromatic ring is 1. The molecule has 6 nitrogen and oxygen atoms in total. The molecule has 106 valence electrons. The molecule has 3 N–H and O–H groups in total. The Kier molecular flexibility index (Phi) is 4.09. The average molecular weight is 266 g/mol. The Labute approximate surface area is 113 Å². The highest BCUT2D eigenvalue weighted by molar-refractivity contribution is 5.97. The maximum Gasteiger partial charge on any atom is 0.276 e. The number of carbonyl (C=O) groups is 1. The summed E-state index contributed by atoms with van der Waals surface area (Å²) >= 11 is 0. The number of morpholine rings is 1. The van der Waals surface area contributed by atoms with Gasteiger partial charge in [-0.2, -0.15) is 5.10 Å². The molecule has 2 heterocycles. The summed E-state index contributed by atoms with van der Waals surface area (Å²) in [5.74, 6) is -0.113. The molecule has 0 saturated carbocycles. The smallest absolute Gasteiger partial charge is 0.276 e. The summed E-state index contributed by atoms with van der Waals surface area (Å²) in [4.78, 5) is 14.2. The first-order valence-corrected chi connectivity index (χ1v) is 6.80. The van der Waals surface area contributed by atoms with Gasteiger partial charge in [-0.15, -0.1) is 0 Å². The number of hydrogen-bond donors (Lipinski definition) is 2. The van der Waals surface area contributed by atoms with Crippen molar-refractivity contribution in [2.45, 2.75) is 45.8 Å². The number of hydrogen-bond acceptors (Lipinski definition) is 4. The van der Waals surface area contributed by atoms with E-state index in [2.05, 4.69) is 17.1 Å². The molecule has 0 aromatic carbocycles. The van der Waals surface area contributed by atoms with Crippen LogP contribution in [0.1, 0.15) is 43.4 Å². The normalized spacial score (nSPS) is 23.6. The Balaban J connectivity index is 2.15. The zero-order valence-electron chi connectivity index (χ0n) is 11.8. The fourth-order valence-corrected chi connectivity index (χ4v) is 2.48. The number of aromatic nitrogens is 2. The fourth-order valence-electron chi connectivity index (χ4n) is 2.48. The molecule has 1 aromatic rings. The SMILES string of the molecule is CCCc1[nH]nc(C(=O)N2CC(C)OC(C)C2)c1N. The summed E-state index contributed by atoms with van der Waals surface area (Å²) in [6, 6.07) is 0. The maximum atomic E-state index is 12.4. The molecular formula is C13H22N4O2. The van der Waals surface area contributed by atoms with E-state index in [0.717, 1.165) is 18.5 Å². The number of aryl methyl sites for hydroxylation is 1. The Hall–Kier alpha value is -1.56. The van der Waals surface area contributed by atoms with Crippen molar-refractivity contribution in [1.82, 2.24) is 15.1 Å². The van der Waals surface area contributed by atoms with Crippen LogP contribution in [0.25, 0.3) is 0 Å². The van der Waals surface area contributed by atoms with Crippen LogP contribution in [0.2, 0.25) is 0 Å². The summed E-state index contributed by atoms with van der Waals surface area (Å²) in [5, 5.41) is 6.94. The van der Waals surface area contributed by atoms with Crippen LogP contribution in [-0.2, 0) is 11.2 Å². The van der Waals surface area contributed by atoms with Crippen LogP contribution in [0.4, 0.5) is 5.69 Å². The van der Waals surface area contributed by atoms with Gasteiger partial charge >= 0.3 is 0 Å². The summed E-state index contributed by atoms with van der Waals surface area (Å²) in [6.07, 6.45) is 1.86. The molecule has 0 spiro atoms. The highest BCUT2D eigenvalue weighted by Gasteiger charge is 2.29. The Morgan fingerprint density at radius 1 is 1.47 bits per heavy atom. The molecule has 2 atom stereocenters. The minimum atomic E-state index is -0.113. The highest BCUT2D eigenvalue weighted by atomic mass is 16.5. The Morgan fingerprint density at radius 3 is 2.68 bits per heavy atom. The minimum absolute atomic E-state index is 0.0444. The second-order valence-corrected chi connectivity index (χ2v) is 5.18. The summed E-state index contributed by atoms with van der Waals surface area (Å²) < 4.78 is 5.62. The van der Waals surface area contributed by atoms with Gasteiger partial charge in [0.1, 0.15) is 0 Å². The lowest BCUT2D eigenvalue weighted by atomic mass is 10.1. The van der Waals surface area contributed by atoms with Crippen molar-refractivity contribution < 1.29 is 9.53 Å². The number of nitrogens with two attached hydrogens (primary N) is 1. The van der Waals surface area contributed by atoms with Crippen LogP contribution >= 0.6 is 0 Å². The standard InChI is InChI=1S/C13H22N4O2/c1-4-5-10-11(14)12(16-15-10)13(18)17-6-8(2)19-9(3)7-17/h8-9H,4-7,14H2,1-3H3,(H,15,16). The van der Waals surface area contributed by atoms with Gasteiger partial charge in [0, 0.05) is 13.1 Å². The first-order valence-electron chi connectivity index (χ1n) is 6.80. The van der Waals surface area contributed by atoms with Crippen molar-refractivity contribution in [2.75, 3.05) is 18.8 Å². The monoisotopic (exact) mass is 266 g/mol. The number of carbonyl (C=O) groups excluding carboxylic acids is 1. The van der Waals surface area contributed by atoms with Crippen molar-refractivity contribution in [3.05, 3.63) is 11.4 Å². The van der Waals surface area contributed by atoms with Gasteiger partial charge < -0.3 is 15.4 Å². The van der Waals surface area contributed by atoms with Crippen LogP contribution in [0.5, 0.6) is 0 Å². The molecule has 1 aliphatic heterocycles. The van der Waals surface area contributed by atoms with Crippen molar-refractivity contribution in [3.8, 4) is 0 Å². The lowest BCUT2D eigenvalue weighted by Crippen LogP contribution is -2.48. The van der Waals surface area contributed by atoms with Crippen molar-refractivity contribution in [2.24, 2.45) is 0 Å². The second-order valence-electron chi connectivity index (χ2n) is 5.18. The Bertz CT molecular complexity index is 447. The number of anilines is 1. The summed E-state index contributed by atoms with van der Waals surface area (Å²) in [5.41, 5.74) is 7.66. The zero-order valence-corrected chi connectivity index (χ0v) is 11.8. The number of nitrogens with one attached hydrogen (secondary N) is 1. The first kappa shape index (κ1) is 13.9. The van der Waals surface area contributed by atoms with Crippen LogP contribution in [0.15, 0.2) is 0 Å². The van der Waals surface area contributed by atoms with E-state index in [1.54, 1.807) is 4.90 Å². The average Bonchev–Trinajstić information content (AvgIpc) is 2.70. The van der Waals surface area contributed by atoms with E-state index in [1.807, 2.05) is 13.8 Å². The number of amides is 1. The number of H-pyrrole nitrogens is 1. The third-order valence-electron chi connectivity index (χ3n) is 3.29. The van der Waals surface area contributed by atoms with Gasteiger partial charge in [-0.1, -0.05) is 13.3 Å². The first-order chi connectivity index (χ1) is 9.02. The highest BCUT2D eigenvalue weighted by Crippen LogP contribution is 2.20. The lowest BCUT2D eigenvalue weighted by molar-refractivity contribution is -0.0587. The Morgan fingerprint density at radius 2 is 2.11 bits per heavy atom. The van der Waals surface area contributed by atoms with Crippen LogP contribution in [0, 0.1) is 0 Å². The third kappa shape index (κ3) is 2.89. The predicted molar refractivity (Wildman–Crippen MR) is 72.9 cm³/mol.